The van der Waals surface area contributed by atoms with Gasteiger partial charge in [0.05, 0.1) is 5.39 Å². The molecule has 0 aliphatic heterocycles. The molecule has 23 heavy (non-hydrogen) atoms. The maximum absolute atomic E-state index is 12.0. The first-order valence-electron chi connectivity index (χ1n) is 7.52. The van der Waals surface area contributed by atoms with Crippen LogP contribution in [-0.4, -0.2) is 30.3 Å². The van der Waals surface area contributed by atoms with Crippen LogP contribution in [0.3, 0.4) is 0 Å². The average Bonchev–Trinajstić information content (AvgIpc) is 2.45. The zero-order chi connectivity index (χ0) is 17.0. The molecule has 6 heteroatoms. The van der Waals surface area contributed by atoms with Crippen molar-refractivity contribution < 1.29 is 19.1 Å². The van der Waals surface area contributed by atoms with E-state index in [2.05, 4.69) is 5.32 Å². The molecular weight excluding hydrogens is 298 g/mol. The summed E-state index contributed by atoms with van der Waals surface area (Å²) in [5.41, 5.74) is 1.63. The quantitative estimate of drug-likeness (QED) is 0.624. The van der Waals surface area contributed by atoms with E-state index in [0.29, 0.717) is 29.7 Å². The lowest BCUT2D eigenvalue weighted by molar-refractivity contribution is -0.127. The molecular formula is C17H21NO5. The van der Waals surface area contributed by atoms with Crippen molar-refractivity contribution >= 4 is 16.9 Å². The van der Waals surface area contributed by atoms with E-state index in [1.54, 1.807) is 19.9 Å². The zero-order valence-electron chi connectivity index (χ0n) is 13.5. The van der Waals surface area contributed by atoms with Crippen molar-refractivity contribution in [1.29, 1.82) is 0 Å². The van der Waals surface area contributed by atoms with Crippen LogP contribution in [-0.2, 0) is 4.79 Å². The lowest BCUT2D eigenvalue weighted by Crippen LogP contribution is -2.37. The number of benzene rings is 1. The number of rotatable bonds is 6. The third-order valence-corrected chi connectivity index (χ3v) is 3.46. The van der Waals surface area contributed by atoms with Gasteiger partial charge >= 0.3 is 5.63 Å². The van der Waals surface area contributed by atoms with Crippen LogP contribution in [0.1, 0.15) is 24.5 Å². The number of hydrogen-bond donors (Lipinski definition) is 2. The third kappa shape index (κ3) is 4.10. The number of aryl methyl sites for hydroxylation is 2. The van der Waals surface area contributed by atoms with Gasteiger partial charge in [-0.25, -0.2) is 4.79 Å². The number of aliphatic hydroxyl groups is 1. The molecule has 0 saturated carbocycles. The predicted octanol–water partition coefficient (Wildman–Crippen LogP) is 1.68. The largest absolute Gasteiger partial charge is 0.480 e. The molecule has 124 valence electrons. The topological polar surface area (TPSA) is 88.8 Å². The molecule has 0 fully saturated rings. The highest BCUT2D eigenvalue weighted by Crippen LogP contribution is 2.30. The van der Waals surface area contributed by atoms with Crippen molar-refractivity contribution in [2.75, 3.05) is 13.2 Å². The van der Waals surface area contributed by atoms with Crippen molar-refractivity contribution in [3.8, 4) is 5.75 Å². The summed E-state index contributed by atoms with van der Waals surface area (Å²) in [6.45, 7) is 5.73. The number of nitrogens with one attached hydrogen (secondary N) is 1. The lowest BCUT2D eigenvalue weighted by atomic mass is 10.1. The highest BCUT2D eigenvalue weighted by molar-refractivity contribution is 5.88. The van der Waals surface area contributed by atoms with Gasteiger partial charge in [0.1, 0.15) is 11.3 Å². The van der Waals surface area contributed by atoms with Gasteiger partial charge in [-0.1, -0.05) is 0 Å². The molecule has 2 N–H and O–H groups in total. The molecule has 1 aromatic heterocycles. The number of carbonyl (C=O) groups is 1. The van der Waals surface area contributed by atoms with Gasteiger partial charge in [-0.3, -0.25) is 4.79 Å². The van der Waals surface area contributed by atoms with Crippen molar-refractivity contribution in [2.45, 2.75) is 33.3 Å². The Balaban J connectivity index is 2.29. The first-order chi connectivity index (χ1) is 10.9. The second-order valence-corrected chi connectivity index (χ2v) is 5.51. The molecule has 0 radical (unpaired) electrons. The summed E-state index contributed by atoms with van der Waals surface area (Å²) >= 11 is 0. The van der Waals surface area contributed by atoms with Crippen LogP contribution in [0.2, 0.25) is 0 Å². The number of amides is 1. The Morgan fingerprint density at radius 2 is 2.09 bits per heavy atom. The Labute approximate surface area is 134 Å². The van der Waals surface area contributed by atoms with Crippen LogP contribution in [0.25, 0.3) is 11.0 Å². The Morgan fingerprint density at radius 3 is 2.78 bits per heavy atom. The monoisotopic (exact) mass is 319 g/mol. The van der Waals surface area contributed by atoms with Gasteiger partial charge in [0, 0.05) is 19.2 Å². The molecule has 1 atom stereocenters. The minimum absolute atomic E-state index is 0.0241. The third-order valence-electron chi connectivity index (χ3n) is 3.46. The summed E-state index contributed by atoms with van der Waals surface area (Å²) in [7, 11) is 0. The molecule has 0 bridgehead atoms. The number of fused-ring (bicyclic) bond motifs is 1. The molecule has 0 saturated heterocycles. The van der Waals surface area contributed by atoms with E-state index < -0.39 is 11.7 Å². The molecule has 0 aliphatic rings. The smallest absolute Gasteiger partial charge is 0.336 e. The average molecular weight is 319 g/mol. The summed E-state index contributed by atoms with van der Waals surface area (Å²) in [6, 6.07) is 4.98. The Kier molecular flexibility index (Phi) is 5.39. The van der Waals surface area contributed by atoms with Gasteiger partial charge < -0.3 is 19.6 Å². The van der Waals surface area contributed by atoms with Crippen molar-refractivity contribution in [3.05, 3.63) is 39.7 Å². The Hall–Kier alpha value is -2.34. The molecule has 0 spiro atoms. The molecule has 2 aromatic rings. The molecule has 2 rings (SSSR count). The highest BCUT2D eigenvalue weighted by Gasteiger charge is 2.17. The molecule has 0 aliphatic carbocycles. The number of hydrogen-bond acceptors (Lipinski definition) is 5. The molecule has 1 aromatic carbocycles. The van der Waals surface area contributed by atoms with E-state index >= 15 is 0 Å². The predicted molar refractivity (Wildman–Crippen MR) is 86.8 cm³/mol. The fraction of sp³-hybridized carbons (Fsp3) is 0.412. The van der Waals surface area contributed by atoms with E-state index in [1.807, 2.05) is 13.0 Å². The summed E-state index contributed by atoms with van der Waals surface area (Å²) < 4.78 is 11.0. The van der Waals surface area contributed by atoms with E-state index in [-0.39, 0.29) is 12.5 Å². The van der Waals surface area contributed by atoms with Crippen molar-refractivity contribution in [3.63, 3.8) is 0 Å². The second-order valence-electron chi connectivity index (χ2n) is 5.51. The van der Waals surface area contributed by atoms with Crippen LogP contribution in [0.4, 0.5) is 0 Å². The molecule has 1 amide bonds. The normalized spacial score (nSPS) is 12.2. The minimum atomic E-state index is -0.704. The van der Waals surface area contributed by atoms with Crippen molar-refractivity contribution in [2.24, 2.45) is 0 Å². The summed E-state index contributed by atoms with van der Waals surface area (Å²) in [5, 5.41) is 12.1. The maximum atomic E-state index is 12.0. The van der Waals surface area contributed by atoms with Crippen LogP contribution in [0.15, 0.2) is 27.4 Å². The van der Waals surface area contributed by atoms with Gasteiger partial charge in [-0.05, 0) is 50.5 Å². The fourth-order valence-electron chi connectivity index (χ4n) is 2.35. The van der Waals surface area contributed by atoms with E-state index in [0.717, 1.165) is 11.1 Å². The van der Waals surface area contributed by atoms with Gasteiger partial charge in [0.15, 0.2) is 6.10 Å². The van der Waals surface area contributed by atoms with E-state index in [1.165, 1.54) is 6.07 Å². The Bertz CT molecular complexity index is 765. The summed E-state index contributed by atoms with van der Waals surface area (Å²) in [6.07, 6.45) is -0.208. The second kappa shape index (κ2) is 7.28. The van der Waals surface area contributed by atoms with Crippen molar-refractivity contribution in [1.82, 2.24) is 5.32 Å². The number of ether oxygens (including phenoxy) is 1. The standard InChI is InChI=1S/C17H21NO5/c1-10-7-13(22-12(3)17(21)18-5-4-6-19)16-11(2)9-15(20)23-14(16)8-10/h7-9,12,19H,4-6H2,1-3H3,(H,18,21). The maximum Gasteiger partial charge on any atom is 0.336 e. The minimum Gasteiger partial charge on any atom is -0.480 e. The molecule has 1 heterocycles. The van der Waals surface area contributed by atoms with Crippen LogP contribution in [0, 0.1) is 13.8 Å². The zero-order valence-corrected chi connectivity index (χ0v) is 13.5. The number of carbonyl (C=O) groups excluding carboxylic acids is 1. The SMILES string of the molecule is Cc1cc(OC(C)C(=O)NCCCO)c2c(C)cc(=O)oc2c1. The molecule has 1 unspecified atom stereocenters. The summed E-state index contributed by atoms with van der Waals surface area (Å²) in [5.74, 6) is 0.245. The molecule has 6 nitrogen and oxygen atoms in total. The highest BCUT2D eigenvalue weighted by atomic mass is 16.5. The summed E-state index contributed by atoms with van der Waals surface area (Å²) in [4.78, 5) is 23.5. The first-order valence-corrected chi connectivity index (χ1v) is 7.52. The van der Waals surface area contributed by atoms with Crippen LogP contribution < -0.4 is 15.7 Å². The van der Waals surface area contributed by atoms with Gasteiger partial charge in [0.2, 0.25) is 0 Å². The van der Waals surface area contributed by atoms with E-state index in [4.69, 9.17) is 14.3 Å². The lowest BCUT2D eigenvalue weighted by Gasteiger charge is -2.17. The fourth-order valence-corrected chi connectivity index (χ4v) is 2.35. The van der Waals surface area contributed by atoms with Crippen LogP contribution in [0.5, 0.6) is 5.75 Å². The number of aliphatic hydroxyl groups excluding tert-OH is 1. The first kappa shape index (κ1) is 17.0. The van der Waals surface area contributed by atoms with Gasteiger partial charge in [-0.15, -0.1) is 0 Å². The van der Waals surface area contributed by atoms with Gasteiger partial charge in [0.25, 0.3) is 5.91 Å². The van der Waals surface area contributed by atoms with Gasteiger partial charge in [-0.2, -0.15) is 0 Å². The van der Waals surface area contributed by atoms with Crippen LogP contribution >= 0.6 is 0 Å². The van der Waals surface area contributed by atoms with E-state index in [9.17, 15) is 9.59 Å². The Morgan fingerprint density at radius 1 is 1.35 bits per heavy atom.